The molecular formula is C16H14N4O2S. The van der Waals surface area contributed by atoms with Crippen LogP contribution in [-0.4, -0.2) is 29.9 Å². The van der Waals surface area contributed by atoms with Crippen molar-refractivity contribution in [3.05, 3.63) is 60.8 Å². The summed E-state index contributed by atoms with van der Waals surface area (Å²) in [5.41, 5.74) is 3.89. The molecule has 0 saturated heterocycles. The number of hydrogen-bond acceptors (Lipinski definition) is 4. The van der Waals surface area contributed by atoms with Gasteiger partial charge >= 0.3 is 0 Å². The first kappa shape index (κ1) is 14.0. The number of pyridine rings is 1. The van der Waals surface area contributed by atoms with Crippen molar-refractivity contribution in [2.75, 3.05) is 10.8 Å². The Morgan fingerprint density at radius 3 is 2.61 bits per heavy atom. The number of fused-ring (bicyclic) bond motifs is 1. The smallest absolute Gasteiger partial charge is 0.281 e. The largest absolute Gasteiger partial charge is 0.334 e. The highest BCUT2D eigenvalue weighted by atomic mass is 32.2. The average molecular weight is 326 g/mol. The third kappa shape index (κ3) is 2.29. The molecule has 0 saturated carbocycles. The van der Waals surface area contributed by atoms with Crippen molar-refractivity contribution in [3.63, 3.8) is 0 Å². The number of anilines is 1. The van der Waals surface area contributed by atoms with Gasteiger partial charge in [-0.3, -0.25) is 9.29 Å². The summed E-state index contributed by atoms with van der Waals surface area (Å²) in [4.78, 5) is 10.5. The van der Waals surface area contributed by atoms with Crippen LogP contribution < -0.4 is 4.31 Å². The van der Waals surface area contributed by atoms with Crippen molar-refractivity contribution in [1.82, 2.24) is 15.0 Å². The molecule has 7 heteroatoms. The second-order valence-corrected chi connectivity index (χ2v) is 7.15. The molecule has 1 aromatic carbocycles. The zero-order valence-electron chi connectivity index (χ0n) is 12.2. The number of aromatic nitrogens is 3. The normalized spacial score (nSPS) is 14.0. The molecule has 0 atom stereocenters. The number of imidazole rings is 1. The predicted octanol–water partition coefficient (Wildman–Crippen LogP) is 2.22. The third-order valence-electron chi connectivity index (χ3n) is 3.99. The molecule has 0 spiro atoms. The molecule has 3 heterocycles. The molecule has 1 N–H and O–H groups in total. The van der Waals surface area contributed by atoms with Crippen LogP contribution in [0.3, 0.4) is 0 Å². The van der Waals surface area contributed by atoms with Gasteiger partial charge in [0.05, 0.1) is 18.2 Å². The lowest BCUT2D eigenvalue weighted by Gasteiger charge is -2.18. The topological polar surface area (TPSA) is 79.0 Å². The maximum Gasteiger partial charge on any atom is 0.281 e. The number of nitrogens with one attached hydrogen (secondary N) is 1. The molecule has 0 amide bonds. The Kier molecular flexibility index (Phi) is 3.16. The van der Waals surface area contributed by atoms with Crippen molar-refractivity contribution in [1.29, 1.82) is 0 Å². The molecular weight excluding hydrogens is 312 g/mol. The molecule has 0 fully saturated rings. The molecule has 2 aromatic heterocycles. The number of rotatable bonds is 3. The van der Waals surface area contributed by atoms with Gasteiger partial charge in [-0.15, -0.1) is 0 Å². The summed E-state index contributed by atoms with van der Waals surface area (Å²) < 4.78 is 26.8. The molecule has 0 aliphatic carbocycles. The van der Waals surface area contributed by atoms with Crippen LogP contribution in [0.5, 0.6) is 0 Å². The Balaban J connectivity index is 1.74. The van der Waals surface area contributed by atoms with Crippen LogP contribution in [-0.2, 0) is 16.4 Å². The minimum Gasteiger partial charge on any atom is -0.334 e. The number of sulfonamides is 1. The molecule has 3 aromatic rings. The third-order valence-corrected chi connectivity index (χ3v) is 5.73. The van der Waals surface area contributed by atoms with E-state index in [9.17, 15) is 8.42 Å². The molecule has 0 unspecified atom stereocenters. The first-order valence-electron chi connectivity index (χ1n) is 7.21. The summed E-state index contributed by atoms with van der Waals surface area (Å²) in [6, 6.07) is 9.74. The van der Waals surface area contributed by atoms with Crippen molar-refractivity contribution < 1.29 is 8.42 Å². The van der Waals surface area contributed by atoms with Crippen LogP contribution in [0.2, 0.25) is 0 Å². The van der Waals surface area contributed by atoms with Crippen molar-refractivity contribution in [3.8, 4) is 11.1 Å². The Hall–Kier alpha value is -2.67. The molecule has 1 aliphatic rings. The average Bonchev–Trinajstić information content (AvgIpc) is 3.25. The van der Waals surface area contributed by atoms with Crippen LogP contribution in [0, 0.1) is 0 Å². The van der Waals surface area contributed by atoms with Gasteiger partial charge < -0.3 is 4.98 Å². The van der Waals surface area contributed by atoms with Gasteiger partial charge in [0.2, 0.25) is 0 Å². The molecule has 1 aliphatic heterocycles. The van der Waals surface area contributed by atoms with E-state index in [4.69, 9.17) is 0 Å². The van der Waals surface area contributed by atoms with Crippen LogP contribution in [0.15, 0.2) is 60.3 Å². The van der Waals surface area contributed by atoms with Crippen LogP contribution >= 0.6 is 0 Å². The lowest BCUT2D eigenvalue weighted by molar-refractivity contribution is 0.589. The molecule has 116 valence electrons. The van der Waals surface area contributed by atoms with E-state index < -0.39 is 10.0 Å². The van der Waals surface area contributed by atoms with Gasteiger partial charge in [-0.25, -0.2) is 4.98 Å². The first-order chi connectivity index (χ1) is 11.2. The maximum absolute atomic E-state index is 12.7. The van der Waals surface area contributed by atoms with E-state index in [0.29, 0.717) is 13.0 Å². The minimum absolute atomic E-state index is 0.114. The monoisotopic (exact) mass is 326 g/mol. The highest BCUT2D eigenvalue weighted by Gasteiger charge is 2.31. The van der Waals surface area contributed by atoms with E-state index in [2.05, 4.69) is 15.0 Å². The van der Waals surface area contributed by atoms with Crippen LogP contribution in [0.4, 0.5) is 5.69 Å². The maximum atomic E-state index is 12.7. The highest BCUT2D eigenvalue weighted by molar-refractivity contribution is 7.92. The minimum atomic E-state index is -3.58. The molecule has 0 bridgehead atoms. The van der Waals surface area contributed by atoms with Gasteiger partial charge in [-0.1, -0.05) is 6.07 Å². The fraction of sp³-hybridized carbons (Fsp3) is 0.125. The number of hydrogen-bond donors (Lipinski definition) is 1. The Bertz CT molecular complexity index is 937. The summed E-state index contributed by atoms with van der Waals surface area (Å²) in [5.74, 6) is 0. The Morgan fingerprint density at radius 1 is 1.04 bits per heavy atom. The zero-order valence-corrected chi connectivity index (χ0v) is 13.0. The van der Waals surface area contributed by atoms with E-state index in [0.717, 1.165) is 22.4 Å². The van der Waals surface area contributed by atoms with Crippen LogP contribution in [0.25, 0.3) is 11.1 Å². The van der Waals surface area contributed by atoms with Crippen molar-refractivity contribution in [2.24, 2.45) is 0 Å². The summed E-state index contributed by atoms with van der Waals surface area (Å²) in [6.45, 7) is 0.441. The van der Waals surface area contributed by atoms with E-state index in [-0.39, 0.29) is 5.03 Å². The lowest BCUT2D eigenvalue weighted by Crippen LogP contribution is -2.29. The lowest BCUT2D eigenvalue weighted by atomic mass is 10.0. The zero-order chi connectivity index (χ0) is 15.9. The molecule has 0 radical (unpaired) electrons. The second kappa shape index (κ2) is 5.20. The van der Waals surface area contributed by atoms with Crippen LogP contribution in [0.1, 0.15) is 5.56 Å². The second-order valence-electron chi connectivity index (χ2n) is 5.32. The van der Waals surface area contributed by atoms with Crippen molar-refractivity contribution in [2.45, 2.75) is 11.4 Å². The quantitative estimate of drug-likeness (QED) is 0.800. The van der Waals surface area contributed by atoms with Gasteiger partial charge in [0.15, 0.2) is 5.03 Å². The van der Waals surface area contributed by atoms with Gasteiger partial charge in [0.25, 0.3) is 10.0 Å². The summed E-state index contributed by atoms with van der Waals surface area (Å²) in [6.07, 6.45) is 6.89. The fourth-order valence-electron chi connectivity index (χ4n) is 2.85. The Labute approximate surface area is 133 Å². The summed E-state index contributed by atoms with van der Waals surface area (Å²) >= 11 is 0. The molecule has 4 rings (SSSR count). The van der Waals surface area contributed by atoms with Gasteiger partial charge in [-0.2, -0.15) is 8.42 Å². The SMILES string of the molecule is O=S(=O)(c1cnc[nH]1)N1CCc2cc(-c3ccncc3)ccc21. The van der Waals surface area contributed by atoms with Gasteiger partial charge in [0.1, 0.15) is 0 Å². The van der Waals surface area contributed by atoms with E-state index in [1.54, 1.807) is 12.4 Å². The fourth-order valence-corrected chi connectivity index (χ4v) is 4.25. The standard InChI is InChI=1S/C16H14N4O2S/c21-23(22,16-10-18-11-19-16)20-8-5-14-9-13(1-2-15(14)20)12-3-6-17-7-4-12/h1-4,6-7,9-11H,5,8H2,(H,18,19). The van der Waals surface area contributed by atoms with Gasteiger partial charge in [0, 0.05) is 18.9 Å². The molecule has 23 heavy (non-hydrogen) atoms. The number of benzene rings is 1. The predicted molar refractivity (Wildman–Crippen MR) is 86.5 cm³/mol. The summed E-state index contributed by atoms with van der Waals surface area (Å²) in [5, 5.41) is 0.114. The van der Waals surface area contributed by atoms with Crippen molar-refractivity contribution >= 4 is 15.7 Å². The summed E-state index contributed by atoms with van der Waals surface area (Å²) in [7, 11) is -3.58. The number of H-pyrrole nitrogens is 1. The highest BCUT2D eigenvalue weighted by Crippen LogP contribution is 2.35. The van der Waals surface area contributed by atoms with Gasteiger partial charge in [-0.05, 0) is 47.4 Å². The van der Waals surface area contributed by atoms with E-state index in [1.165, 1.54) is 16.8 Å². The van der Waals surface area contributed by atoms with E-state index >= 15 is 0 Å². The molecule has 6 nitrogen and oxygen atoms in total. The number of aromatic amines is 1. The Morgan fingerprint density at radius 2 is 1.87 bits per heavy atom. The number of nitrogens with zero attached hydrogens (tertiary/aromatic N) is 3. The first-order valence-corrected chi connectivity index (χ1v) is 8.65. The van der Waals surface area contributed by atoms with E-state index in [1.807, 2.05) is 30.3 Å².